The second kappa shape index (κ2) is 32.4. The molecule has 0 saturated heterocycles. The van der Waals surface area contributed by atoms with Crippen molar-refractivity contribution < 1.29 is 53.3 Å². The van der Waals surface area contributed by atoms with E-state index < -0.39 is 57.4 Å². The standard InChI is InChI=1S/C43H79O11P/c1-4-5-20-26-36(44)30-31-39-38(40(45)32-41(39)46)27-23-24-28-42(47)52-33-37(34-53-55(49,50)51)54-43(48)29-22-19-17-15-13-11-9-7-6-8-10-12-14-16-18-21-25-35(2)3/h23-24,30-31,35-41,44-46H,4-22,25-29,32-34H2,1-3H3,(H2,49,50,51)/b24-23-,31-30+/t36-,37-,38+,39-,40+,41-/m1/s1. The third-order valence-corrected chi connectivity index (χ3v) is 11.0. The highest BCUT2D eigenvalue weighted by molar-refractivity contribution is 7.46. The number of hydrogen-bond acceptors (Lipinski definition) is 9. The molecule has 1 aliphatic carbocycles. The third-order valence-electron chi connectivity index (χ3n) is 10.5. The molecule has 12 heteroatoms. The Labute approximate surface area is 333 Å². The number of phosphoric ester groups is 1. The normalized spacial score (nSPS) is 20.2. The smallest absolute Gasteiger partial charge is 0.461 e. The number of carbonyl (C=O) groups is 2. The number of ether oxygens (including phenoxy) is 2. The van der Waals surface area contributed by atoms with Gasteiger partial charge in [0.05, 0.1) is 31.3 Å². The lowest BCUT2D eigenvalue weighted by Crippen LogP contribution is -2.29. The molecule has 0 amide bonds. The van der Waals surface area contributed by atoms with Crippen molar-refractivity contribution in [2.24, 2.45) is 17.8 Å². The summed E-state index contributed by atoms with van der Waals surface area (Å²) in [5.74, 6) is -0.951. The van der Waals surface area contributed by atoms with Crippen LogP contribution in [0.15, 0.2) is 24.3 Å². The Hall–Kier alpha value is -1.59. The quantitative estimate of drug-likeness (QED) is 0.0178. The van der Waals surface area contributed by atoms with Gasteiger partial charge in [-0.1, -0.05) is 167 Å². The molecule has 1 aliphatic rings. The molecule has 55 heavy (non-hydrogen) atoms. The van der Waals surface area contributed by atoms with Gasteiger partial charge in [-0.15, -0.1) is 0 Å². The Morgan fingerprint density at radius 3 is 1.82 bits per heavy atom. The van der Waals surface area contributed by atoms with Crippen molar-refractivity contribution in [1.29, 1.82) is 0 Å². The summed E-state index contributed by atoms with van der Waals surface area (Å²) < 4.78 is 26.4. The topological polar surface area (TPSA) is 180 Å². The van der Waals surface area contributed by atoms with Gasteiger partial charge in [0.25, 0.3) is 0 Å². The first-order valence-electron chi connectivity index (χ1n) is 21.7. The van der Waals surface area contributed by atoms with Gasteiger partial charge in [-0.2, -0.15) is 0 Å². The minimum Gasteiger partial charge on any atom is -0.461 e. The van der Waals surface area contributed by atoms with Gasteiger partial charge in [0.15, 0.2) is 6.10 Å². The molecule has 0 spiro atoms. The van der Waals surface area contributed by atoms with Crippen LogP contribution in [0.5, 0.6) is 0 Å². The van der Waals surface area contributed by atoms with E-state index in [0.29, 0.717) is 19.3 Å². The molecular formula is C43H79O11P. The van der Waals surface area contributed by atoms with E-state index in [1.807, 2.05) is 0 Å². The maximum Gasteiger partial charge on any atom is 0.469 e. The van der Waals surface area contributed by atoms with Gasteiger partial charge in [0, 0.05) is 18.8 Å². The van der Waals surface area contributed by atoms with Crippen molar-refractivity contribution in [2.45, 2.75) is 206 Å². The molecule has 0 bridgehead atoms. The molecule has 5 N–H and O–H groups in total. The van der Waals surface area contributed by atoms with Crippen molar-refractivity contribution in [2.75, 3.05) is 13.2 Å². The highest BCUT2D eigenvalue weighted by atomic mass is 31.2. The van der Waals surface area contributed by atoms with Gasteiger partial charge in [0.1, 0.15) is 6.61 Å². The maximum atomic E-state index is 12.5. The van der Waals surface area contributed by atoms with Crippen LogP contribution in [-0.4, -0.2) is 74.7 Å². The number of unbranched alkanes of at least 4 members (excludes halogenated alkanes) is 17. The Balaban J connectivity index is 2.27. The van der Waals surface area contributed by atoms with Crippen LogP contribution >= 0.6 is 7.82 Å². The predicted molar refractivity (Wildman–Crippen MR) is 218 cm³/mol. The molecule has 11 nitrogen and oxygen atoms in total. The second-order valence-corrected chi connectivity index (χ2v) is 17.4. The molecule has 1 rings (SSSR count). The maximum absolute atomic E-state index is 12.5. The van der Waals surface area contributed by atoms with Gasteiger partial charge in [0.2, 0.25) is 0 Å². The molecule has 6 atom stereocenters. The summed E-state index contributed by atoms with van der Waals surface area (Å²) in [6, 6.07) is 0. The zero-order valence-electron chi connectivity index (χ0n) is 34.6. The van der Waals surface area contributed by atoms with Crippen LogP contribution in [0.25, 0.3) is 0 Å². The van der Waals surface area contributed by atoms with Crippen LogP contribution in [0.2, 0.25) is 0 Å². The van der Waals surface area contributed by atoms with Gasteiger partial charge in [-0.3, -0.25) is 14.1 Å². The van der Waals surface area contributed by atoms with Crippen molar-refractivity contribution in [3.63, 3.8) is 0 Å². The Kier molecular flexibility index (Phi) is 30.3. The first kappa shape index (κ1) is 51.4. The molecule has 1 saturated carbocycles. The van der Waals surface area contributed by atoms with E-state index in [2.05, 4.69) is 25.3 Å². The van der Waals surface area contributed by atoms with Crippen molar-refractivity contribution in [3.8, 4) is 0 Å². The summed E-state index contributed by atoms with van der Waals surface area (Å²) in [7, 11) is -4.83. The molecule has 0 radical (unpaired) electrons. The van der Waals surface area contributed by atoms with Crippen molar-refractivity contribution in [3.05, 3.63) is 24.3 Å². The van der Waals surface area contributed by atoms with Gasteiger partial charge < -0.3 is 34.6 Å². The number of rotatable bonds is 35. The molecule has 0 aliphatic heterocycles. The molecule has 0 heterocycles. The fourth-order valence-electron chi connectivity index (χ4n) is 7.18. The minimum absolute atomic E-state index is 0.110. The summed E-state index contributed by atoms with van der Waals surface area (Å²) in [6.45, 7) is 5.65. The number of carbonyl (C=O) groups excluding carboxylic acids is 2. The van der Waals surface area contributed by atoms with Crippen molar-refractivity contribution in [1.82, 2.24) is 0 Å². The number of aliphatic hydroxyl groups is 3. The first-order valence-corrected chi connectivity index (χ1v) is 23.3. The molecule has 0 aromatic rings. The summed E-state index contributed by atoms with van der Waals surface area (Å²) in [6.07, 6.45) is 28.9. The van der Waals surface area contributed by atoms with E-state index in [1.54, 1.807) is 24.3 Å². The van der Waals surface area contributed by atoms with Crippen LogP contribution in [0.1, 0.15) is 181 Å². The van der Waals surface area contributed by atoms with Crippen molar-refractivity contribution >= 4 is 19.8 Å². The molecule has 0 aromatic carbocycles. The lowest BCUT2D eigenvalue weighted by Gasteiger charge is -2.19. The second-order valence-electron chi connectivity index (χ2n) is 16.1. The average molecular weight is 803 g/mol. The summed E-state index contributed by atoms with van der Waals surface area (Å²) in [4.78, 5) is 43.2. The number of aliphatic hydroxyl groups excluding tert-OH is 3. The van der Waals surface area contributed by atoms with E-state index in [-0.39, 0.29) is 31.1 Å². The van der Waals surface area contributed by atoms with Crippen LogP contribution in [0, 0.1) is 17.8 Å². The molecular weight excluding hydrogens is 723 g/mol. The Morgan fingerprint density at radius 1 is 0.727 bits per heavy atom. The lowest BCUT2D eigenvalue weighted by molar-refractivity contribution is -0.160. The highest BCUT2D eigenvalue weighted by Gasteiger charge is 2.39. The van der Waals surface area contributed by atoms with E-state index in [0.717, 1.165) is 44.4 Å². The number of esters is 2. The summed E-state index contributed by atoms with van der Waals surface area (Å²) >= 11 is 0. The Bertz CT molecular complexity index is 1070. The number of phosphoric acid groups is 1. The lowest BCUT2D eigenvalue weighted by atomic mass is 9.89. The first-order chi connectivity index (χ1) is 26.3. The zero-order chi connectivity index (χ0) is 40.7. The van der Waals surface area contributed by atoms with E-state index >= 15 is 0 Å². The number of hydrogen-bond donors (Lipinski definition) is 5. The highest BCUT2D eigenvalue weighted by Crippen LogP contribution is 2.37. The van der Waals surface area contributed by atoms with Crippen LogP contribution in [0.4, 0.5) is 0 Å². The summed E-state index contributed by atoms with van der Waals surface area (Å²) in [5.41, 5.74) is 0. The monoisotopic (exact) mass is 803 g/mol. The third kappa shape index (κ3) is 29.3. The van der Waals surface area contributed by atoms with E-state index in [4.69, 9.17) is 19.3 Å². The van der Waals surface area contributed by atoms with Crippen LogP contribution in [0.3, 0.4) is 0 Å². The average Bonchev–Trinajstić information content (AvgIpc) is 3.40. The Morgan fingerprint density at radius 2 is 1.27 bits per heavy atom. The zero-order valence-corrected chi connectivity index (χ0v) is 35.5. The van der Waals surface area contributed by atoms with Gasteiger partial charge >= 0.3 is 19.8 Å². The molecule has 0 aromatic heterocycles. The largest absolute Gasteiger partial charge is 0.469 e. The molecule has 0 unspecified atom stereocenters. The fraction of sp³-hybridized carbons (Fsp3) is 0.860. The van der Waals surface area contributed by atoms with Gasteiger partial charge in [-0.05, 0) is 31.1 Å². The number of allylic oxidation sites excluding steroid dienone is 1. The van der Waals surface area contributed by atoms with Crippen LogP contribution < -0.4 is 0 Å². The fourth-order valence-corrected chi connectivity index (χ4v) is 7.54. The molecule has 322 valence electrons. The minimum atomic E-state index is -4.83. The van der Waals surface area contributed by atoms with E-state index in [1.165, 1.54) is 83.5 Å². The summed E-state index contributed by atoms with van der Waals surface area (Å²) in [5, 5.41) is 31.2. The van der Waals surface area contributed by atoms with Gasteiger partial charge in [-0.25, -0.2) is 4.57 Å². The van der Waals surface area contributed by atoms with Crippen LogP contribution in [-0.2, 0) is 28.2 Å². The predicted octanol–water partition coefficient (Wildman–Crippen LogP) is 9.42. The molecule has 1 fully saturated rings. The SMILES string of the molecule is CCCCC[C@@H](O)/C=C/[C@@H]1[C@H](C/C=C\CC(=O)OC[C@H](COP(=O)(O)O)OC(=O)CCCCCCCCCCCCCCCCCCC(C)C)[C@@H](O)C[C@H]1O. The van der Waals surface area contributed by atoms with E-state index in [9.17, 15) is 29.5 Å².